The first-order valence-electron chi connectivity index (χ1n) is 7.74. The summed E-state index contributed by atoms with van der Waals surface area (Å²) in [5, 5.41) is 10.3. The van der Waals surface area contributed by atoms with Crippen LogP contribution in [0.1, 0.15) is 12.7 Å². The Labute approximate surface area is 152 Å². The van der Waals surface area contributed by atoms with E-state index in [2.05, 4.69) is 15.5 Å². The molecule has 0 aliphatic carbocycles. The van der Waals surface area contributed by atoms with Crippen molar-refractivity contribution in [3.63, 3.8) is 0 Å². The highest BCUT2D eigenvalue weighted by Gasteiger charge is 2.22. The van der Waals surface area contributed by atoms with Crippen LogP contribution >= 0.6 is 11.8 Å². The first-order chi connectivity index (χ1) is 12.4. The van der Waals surface area contributed by atoms with Gasteiger partial charge < -0.3 is 14.3 Å². The largest absolute Gasteiger partial charge is 0.469 e. The van der Waals surface area contributed by atoms with Crippen LogP contribution in [0.4, 0.5) is 14.5 Å². The average Bonchev–Trinajstić information content (AvgIpc) is 3.17. The number of rotatable bonds is 5. The third-order valence-electron chi connectivity index (χ3n) is 3.80. The minimum Gasteiger partial charge on any atom is -0.469 e. The third kappa shape index (κ3) is 3.48. The van der Waals surface area contributed by atoms with Gasteiger partial charge in [-0.25, -0.2) is 8.78 Å². The zero-order valence-corrected chi connectivity index (χ0v) is 15.1. The number of aryl methyl sites for hydroxylation is 1. The molecule has 0 aliphatic rings. The summed E-state index contributed by atoms with van der Waals surface area (Å²) >= 11 is 1.14. The Morgan fingerprint density at radius 2 is 1.96 bits per heavy atom. The van der Waals surface area contributed by atoms with Crippen LogP contribution in [0.25, 0.3) is 11.4 Å². The topological polar surface area (TPSA) is 72.9 Å². The van der Waals surface area contributed by atoms with Crippen LogP contribution in [0.5, 0.6) is 0 Å². The normalized spacial score (nSPS) is 12.2. The minimum atomic E-state index is -0.827. The number of amides is 1. The van der Waals surface area contributed by atoms with Crippen molar-refractivity contribution in [2.24, 2.45) is 7.05 Å². The number of thioether (sulfide) groups is 1. The van der Waals surface area contributed by atoms with Gasteiger partial charge in [-0.05, 0) is 32.0 Å². The van der Waals surface area contributed by atoms with Crippen molar-refractivity contribution in [1.82, 2.24) is 14.8 Å². The summed E-state index contributed by atoms with van der Waals surface area (Å²) in [6.07, 6.45) is 1.56. The van der Waals surface area contributed by atoms with Crippen molar-refractivity contribution in [3.05, 3.63) is 47.9 Å². The molecule has 0 saturated heterocycles. The molecule has 1 atom stereocenters. The minimum absolute atomic E-state index is 0.461. The van der Waals surface area contributed by atoms with Gasteiger partial charge in [-0.1, -0.05) is 17.8 Å². The number of nitrogens with one attached hydrogen (secondary N) is 1. The maximum atomic E-state index is 13.7. The fourth-order valence-electron chi connectivity index (χ4n) is 2.32. The number of anilines is 1. The second-order valence-corrected chi connectivity index (χ2v) is 6.91. The fraction of sp³-hybridized carbons (Fsp3) is 0.235. The molecular formula is C17H16F2N4O2S. The highest BCUT2D eigenvalue weighted by molar-refractivity contribution is 8.00. The highest BCUT2D eigenvalue weighted by Crippen LogP contribution is 2.28. The van der Waals surface area contributed by atoms with Gasteiger partial charge in [0.1, 0.15) is 23.1 Å². The van der Waals surface area contributed by atoms with Crippen molar-refractivity contribution in [3.8, 4) is 11.4 Å². The van der Waals surface area contributed by atoms with Gasteiger partial charge in [-0.2, -0.15) is 0 Å². The van der Waals surface area contributed by atoms with Gasteiger partial charge in [-0.15, -0.1) is 10.2 Å². The summed E-state index contributed by atoms with van der Waals surface area (Å²) in [5.41, 5.74) is 0.343. The maximum Gasteiger partial charge on any atom is 0.237 e. The van der Waals surface area contributed by atoms with E-state index < -0.39 is 28.5 Å². The molecule has 1 amide bonds. The molecule has 1 unspecified atom stereocenters. The molecule has 0 aliphatic heterocycles. The van der Waals surface area contributed by atoms with Gasteiger partial charge in [0.2, 0.25) is 5.91 Å². The average molecular weight is 378 g/mol. The van der Waals surface area contributed by atoms with Crippen molar-refractivity contribution in [1.29, 1.82) is 0 Å². The molecule has 1 aromatic carbocycles. The number of hydrogen-bond acceptors (Lipinski definition) is 5. The zero-order valence-electron chi connectivity index (χ0n) is 14.3. The summed E-state index contributed by atoms with van der Waals surface area (Å²) in [6.45, 7) is 3.44. The molecule has 2 heterocycles. The van der Waals surface area contributed by atoms with E-state index in [4.69, 9.17) is 4.42 Å². The summed E-state index contributed by atoms with van der Waals surface area (Å²) in [7, 11) is 1.77. The van der Waals surface area contributed by atoms with E-state index in [1.165, 1.54) is 6.07 Å². The number of carbonyl (C=O) groups is 1. The first-order valence-corrected chi connectivity index (χ1v) is 8.62. The molecule has 3 aromatic rings. The maximum absolute atomic E-state index is 13.7. The van der Waals surface area contributed by atoms with Gasteiger partial charge in [0.25, 0.3) is 0 Å². The van der Waals surface area contributed by atoms with E-state index in [9.17, 15) is 13.6 Å². The molecule has 0 bridgehead atoms. The molecule has 0 fully saturated rings. The Kier molecular flexibility index (Phi) is 5.08. The highest BCUT2D eigenvalue weighted by atomic mass is 32.2. The molecule has 3 rings (SSSR count). The van der Waals surface area contributed by atoms with Gasteiger partial charge in [0.05, 0.1) is 17.1 Å². The lowest BCUT2D eigenvalue weighted by Gasteiger charge is -2.12. The quantitative estimate of drug-likeness (QED) is 0.684. The molecule has 6 nitrogen and oxygen atoms in total. The number of furan rings is 1. The van der Waals surface area contributed by atoms with Crippen LogP contribution in [0.2, 0.25) is 0 Å². The second-order valence-electron chi connectivity index (χ2n) is 5.60. The van der Waals surface area contributed by atoms with Crippen LogP contribution in [-0.4, -0.2) is 25.9 Å². The molecule has 0 radical (unpaired) electrons. The number of carbonyl (C=O) groups excluding carboxylic acids is 1. The van der Waals surface area contributed by atoms with Crippen LogP contribution in [0.3, 0.4) is 0 Å². The van der Waals surface area contributed by atoms with Crippen LogP contribution in [0.15, 0.2) is 40.1 Å². The van der Waals surface area contributed by atoms with Crippen molar-refractivity contribution >= 4 is 23.4 Å². The SMILES string of the molecule is Cc1occc1-c1nnc(SC(C)C(=O)Nc2c(F)cccc2F)n1C. The van der Waals surface area contributed by atoms with Gasteiger partial charge in [0.15, 0.2) is 11.0 Å². The Hall–Kier alpha value is -2.68. The molecule has 1 N–H and O–H groups in total. The van der Waals surface area contributed by atoms with Gasteiger partial charge in [0, 0.05) is 7.05 Å². The zero-order chi connectivity index (χ0) is 18.8. The smallest absolute Gasteiger partial charge is 0.237 e. The Balaban J connectivity index is 1.74. The summed E-state index contributed by atoms with van der Waals surface area (Å²) in [5.74, 6) is -0.883. The lowest BCUT2D eigenvalue weighted by Crippen LogP contribution is -2.24. The first kappa shape index (κ1) is 18.1. The summed E-state index contributed by atoms with van der Waals surface area (Å²) in [6, 6.07) is 5.18. The number of benzene rings is 1. The summed E-state index contributed by atoms with van der Waals surface area (Å²) < 4.78 is 34.3. The van der Waals surface area contributed by atoms with Gasteiger partial charge in [-0.3, -0.25) is 4.79 Å². The van der Waals surface area contributed by atoms with Gasteiger partial charge >= 0.3 is 0 Å². The standard InChI is InChI=1S/C17H16F2N4O2S/c1-9-11(7-8-25-9)15-21-22-17(23(15)3)26-10(2)16(24)20-14-12(18)5-4-6-13(14)19/h4-8,10H,1-3H3,(H,20,24). The number of nitrogens with zero attached hydrogens (tertiary/aromatic N) is 3. The van der Waals surface area contributed by atoms with E-state index in [1.807, 2.05) is 6.92 Å². The Morgan fingerprint density at radius 3 is 2.58 bits per heavy atom. The van der Waals surface area contributed by atoms with Crippen LogP contribution in [0, 0.1) is 18.6 Å². The lowest BCUT2D eigenvalue weighted by molar-refractivity contribution is -0.115. The third-order valence-corrected chi connectivity index (χ3v) is 4.93. The van der Waals surface area contributed by atoms with E-state index in [0.717, 1.165) is 29.5 Å². The summed E-state index contributed by atoms with van der Waals surface area (Å²) in [4.78, 5) is 12.3. The number of halogens is 2. The monoisotopic (exact) mass is 378 g/mol. The van der Waals surface area contributed by atoms with Crippen molar-refractivity contribution in [2.75, 3.05) is 5.32 Å². The molecule has 26 heavy (non-hydrogen) atoms. The lowest BCUT2D eigenvalue weighted by atomic mass is 10.2. The fourth-order valence-corrected chi connectivity index (χ4v) is 3.14. The van der Waals surface area contributed by atoms with Crippen LogP contribution < -0.4 is 5.32 Å². The molecule has 9 heteroatoms. The Bertz CT molecular complexity index is 934. The molecule has 0 saturated carbocycles. The van der Waals surface area contributed by atoms with Crippen LogP contribution in [-0.2, 0) is 11.8 Å². The molecule has 2 aromatic heterocycles. The van der Waals surface area contributed by atoms with E-state index in [0.29, 0.717) is 16.7 Å². The second kappa shape index (κ2) is 7.28. The predicted octanol–water partition coefficient (Wildman–Crippen LogP) is 3.78. The number of para-hydroxylation sites is 1. The molecule has 0 spiro atoms. The number of aromatic nitrogens is 3. The van der Waals surface area contributed by atoms with Crippen molar-refractivity contribution < 1.29 is 18.0 Å². The molecular weight excluding hydrogens is 362 g/mol. The van der Waals surface area contributed by atoms with E-state index in [-0.39, 0.29) is 0 Å². The predicted molar refractivity (Wildman–Crippen MR) is 93.7 cm³/mol. The molecule has 136 valence electrons. The number of hydrogen-bond donors (Lipinski definition) is 1. The van der Waals surface area contributed by atoms with E-state index in [1.54, 1.807) is 30.9 Å². The van der Waals surface area contributed by atoms with Crippen molar-refractivity contribution in [2.45, 2.75) is 24.3 Å². The Morgan fingerprint density at radius 1 is 1.27 bits per heavy atom. The van der Waals surface area contributed by atoms with E-state index >= 15 is 0 Å².